The quantitative estimate of drug-likeness (QED) is 0.409. The van der Waals surface area contributed by atoms with E-state index in [1.165, 1.54) is 30.6 Å². The summed E-state index contributed by atoms with van der Waals surface area (Å²) in [5.41, 5.74) is 1.32. The zero-order valence-electron chi connectivity index (χ0n) is 9.59. The Balaban J connectivity index is 2.04. The van der Waals surface area contributed by atoms with Crippen LogP contribution in [-0.4, -0.2) is 0 Å². The van der Waals surface area contributed by atoms with E-state index >= 15 is 0 Å². The van der Waals surface area contributed by atoms with E-state index in [4.69, 9.17) is 0 Å². The molecule has 0 aliphatic carbocycles. The summed E-state index contributed by atoms with van der Waals surface area (Å²) < 4.78 is 2.75. The van der Waals surface area contributed by atoms with Crippen molar-refractivity contribution < 1.29 is 0 Å². The summed E-state index contributed by atoms with van der Waals surface area (Å²) in [5, 5.41) is 4.87. The molecule has 0 saturated carbocycles. The lowest BCUT2D eigenvalue weighted by atomic mass is 10.1. The Morgan fingerprint density at radius 2 is 1.61 bits per heavy atom. The maximum atomic E-state index is 2.31. The summed E-state index contributed by atoms with van der Waals surface area (Å²) in [6.07, 6.45) is 0. The van der Waals surface area contributed by atoms with Gasteiger partial charge in [0.25, 0.3) is 0 Å². The van der Waals surface area contributed by atoms with Crippen LogP contribution in [0.5, 0.6) is 0 Å². The number of thiophene rings is 2. The lowest BCUT2D eigenvalue weighted by molar-refractivity contribution is 1.80. The molecule has 4 rings (SSSR count). The Bertz CT molecular complexity index is 823. The van der Waals surface area contributed by atoms with E-state index in [0.29, 0.717) is 0 Å². The van der Waals surface area contributed by atoms with Crippen molar-refractivity contribution in [3.05, 3.63) is 60.0 Å². The summed E-state index contributed by atoms with van der Waals surface area (Å²) in [7, 11) is 0. The second kappa shape index (κ2) is 3.94. The van der Waals surface area contributed by atoms with Gasteiger partial charge in [0.1, 0.15) is 0 Å². The fourth-order valence-electron chi connectivity index (χ4n) is 2.32. The Morgan fingerprint density at radius 1 is 0.722 bits per heavy atom. The number of fused-ring (bicyclic) bond motifs is 3. The van der Waals surface area contributed by atoms with Gasteiger partial charge in [0.05, 0.1) is 0 Å². The van der Waals surface area contributed by atoms with E-state index in [1.807, 2.05) is 11.3 Å². The predicted molar refractivity (Wildman–Crippen MR) is 82.6 cm³/mol. The summed E-state index contributed by atoms with van der Waals surface area (Å²) in [5.74, 6) is 0. The van der Waals surface area contributed by atoms with Gasteiger partial charge < -0.3 is 0 Å². The Labute approximate surface area is 113 Å². The van der Waals surface area contributed by atoms with Gasteiger partial charge in [-0.25, -0.2) is 0 Å². The Morgan fingerprint density at radius 3 is 2.50 bits per heavy atom. The maximum Gasteiger partial charge on any atom is 0.0361 e. The van der Waals surface area contributed by atoms with E-state index in [0.717, 1.165) is 0 Å². The highest BCUT2D eigenvalue weighted by Gasteiger charge is 2.06. The Kier molecular flexibility index (Phi) is 2.25. The topological polar surface area (TPSA) is 0 Å². The third-order valence-corrected chi connectivity index (χ3v) is 5.24. The highest BCUT2D eigenvalue weighted by atomic mass is 32.1. The van der Waals surface area contributed by atoms with Crippen molar-refractivity contribution in [3.63, 3.8) is 0 Å². The summed E-state index contributed by atoms with van der Waals surface area (Å²) in [6.45, 7) is 0. The van der Waals surface area contributed by atoms with Crippen molar-refractivity contribution in [1.82, 2.24) is 0 Å². The molecule has 0 aliphatic rings. The van der Waals surface area contributed by atoms with Gasteiger partial charge in [0.15, 0.2) is 0 Å². The smallest absolute Gasteiger partial charge is 0.0361 e. The third kappa shape index (κ3) is 1.50. The molecule has 86 valence electrons. The van der Waals surface area contributed by atoms with Gasteiger partial charge in [-0.3, -0.25) is 0 Å². The highest BCUT2D eigenvalue weighted by Crippen LogP contribution is 2.36. The minimum absolute atomic E-state index is 1.32. The third-order valence-electron chi connectivity index (χ3n) is 3.18. The number of rotatable bonds is 1. The molecule has 0 saturated heterocycles. The molecule has 18 heavy (non-hydrogen) atoms. The van der Waals surface area contributed by atoms with Gasteiger partial charge in [-0.2, -0.15) is 0 Å². The van der Waals surface area contributed by atoms with Crippen LogP contribution in [0.2, 0.25) is 0 Å². The van der Waals surface area contributed by atoms with Crippen molar-refractivity contribution >= 4 is 42.8 Å². The molecule has 0 N–H and O–H groups in total. The monoisotopic (exact) mass is 266 g/mol. The molecule has 0 bridgehead atoms. The summed E-state index contributed by atoms with van der Waals surface area (Å²) in [4.78, 5) is 1.34. The largest absolute Gasteiger partial charge is 0.144 e. The van der Waals surface area contributed by atoms with Gasteiger partial charge in [0, 0.05) is 25.0 Å². The van der Waals surface area contributed by atoms with Gasteiger partial charge >= 0.3 is 0 Å². The molecule has 2 aromatic heterocycles. The lowest BCUT2D eigenvalue weighted by Gasteiger charge is -1.97. The first-order chi connectivity index (χ1) is 8.92. The number of benzene rings is 2. The zero-order valence-corrected chi connectivity index (χ0v) is 11.2. The maximum absolute atomic E-state index is 2.31. The van der Waals surface area contributed by atoms with Crippen LogP contribution in [0.25, 0.3) is 30.6 Å². The summed E-state index contributed by atoms with van der Waals surface area (Å²) in [6, 6.07) is 19.7. The minimum Gasteiger partial charge on any atom is -0.144 e. The standard InChI is InChI=1S/C16H10S2/c1-2-5-15-12(4-1)13-8-7-11(10-16(13)18-15)14-6-3-9-17-14/h1-10H. The normalized spacial score (nSPS) is 11.3. The van der Waals surface area contributed by atoms with Crippen LogP contribution < -0.4 is 0 Å². The van der Waals surface area contributed by atoms with Gasteiger partial charge in [-0.1, -0.05) is 36.4 Å². The first-order valence-corrected chi connectivity index (χ1v) is 7.56. The molecule has 0 aliphatic heterocycles. The molecule has 4 aromatic rings. The van der Waals surface area contributed by atoms with Crippen LogP contribution >= 0.6 is 22.7 Å². The molecule has 0 unspecified atom stereocenters. The minimum atomic E-state index is 1.32. The molecule has 2 aromatic carbocycles. The molecule has 0 nitrogen and oxygen atoms in total. The Hall–Kier alpha value is -1.64. The van der Waals surface area contributed by atoms with E-state index in [2.05, 4.69) is 60.0 Å². The summed E-state index contributed by atoms with van der Waals surface area (Å²) >= 11 is 3.67. The molecule has 2 heteroatoms. The molecule has 0 fully saturated rings. The van der Waals surface area contributed by atoms with Crippen LogP contribution in [0, 0.1) is 0 Å². The number of hydrogen-bond acceptors (Lipinski definition) is 2. The molecule has 2 heterocycles. The molecule has 0 amide bonds. The van der Waals surface area contributed by atoms with Crippen LogP contribution in [-0.2, 0) is 0 Å². The highest BCUT2D eigenvalue weighted by molar-refractivity contribution is 7.25. The molecule has 0 spiro atoms. The fourth-order valence-corrected chi connectivity index (χ4v) is 4.19. The van der Waals surface area contributed by atoms with Crippen LogP contribution in [0.1, 0.15) is 0 Å². The average molecular weight is 266 g/mol. The van der Waals surface area contributed by atoms with E-state index < -0.39 is 0 Å². The molecule has 0 atom stereocenters. The van der Waals surface area contributed by atoms with Crippen molar-refractivity contribution in [2.45, 2.75) is 0 Å². The fraction of sp³-hybridized carbons (Fsp3) is 0. The van der Waals surface area contributed by atoms with E-state index in [1.54, 1.807) is 11.3 Å². The van der Waals surface area contributed by atoms with Crippen LogP contribution in [0.4, 0.5) is 0 Å². The average Bonchev–Trinajstić information content (AvgIpc) is 3.05. The van der Waals surface area contributed by atoms with Crippen molar-refractivity contribution in [2.24, 2.45) is 0 Å². The van der Waals surface area contributed by atoms with Crippen molar-refractivity contribution in [2.75, 3.05) is 0 Å². The van der Waals surface area contributed by atoms with Crippen molar-refractivity contribution in [1.29, 1.82) is 0 Å². The SMILES string of the molecule is c1csc(-c2ccc3c(c2)sc2ccccc23)c1. The predicted octanol–water partition coefficient (Wildman–Crippen LogP) is 5.78. The van der Waals surface area contributed by atoms with Crippen LogP contribution in [0.15, 0.2) is 60.0 Å². The van der Waals surface area contributed by atoms with Gasteiger partial charge in [-0.05, 0) is 29.1 Å². The lowest BCUT2D eigenvalue weighted by Crippen LogP contribution is -1.71. The van der Waals surface area contributed by atoms with Crippen molar-refractivity contribution in [3.8, 4) is 10.4 Å². The first-order valence-electron chi connectivity index (χ1n) is 5.87. The molecular formula is C16H10S2. The van der Waals surface area contributed by atoms with Gasteiger partial charge in [0.2, 0.25) is 0 Å². The van der Waals surface area contributed by atoms with Crippen LogP contribution in [0.3, 0.4) is 0 Å². The second-order valence-corrected chi connectivity index (χ2v) is 6.32. The first kappa shape index (κ1) is 10.3. The van der Waals surface area contributed by atoms with E-state index in [-0.39, 0.29) is 0 Å². The van der Waals surface area contributed by atoms with E-state index in [9.17, 15) is 0 Å². The zero-order chi connectivity index (χ0) is 11.9. The molecular weight excluding hydrogens is 256 g/mol. The van der Waals surface area contributed by atoms with Gasteiger partial charge in [-0.15, -0.1) is 22.7 Å². The second-order valence-electron chi connectivity index (χ2n) is 4.29. The molecule has 0 radical (unpaired) electrons. The number of hydrogen-bond donors (Lipinski definition) is 0.